The van der Waals surface area contributed by atoms with Gasteiger partial charge in [0.05, 0.1) is 11.4 Å². The van der Waals surface area contributed by atoms with E-state index in [0.29, 0.717) is 24.0 Å². The van der Waals surface area contributed by atoms with Crippen molar-refractivity contribution in [3.05, 3.63) is 71.4 Å². The molecule has 204 valence electrons. The third-order valence-corrected chi connectivity index (χ3v) is 6.57. The highest BCUT2D eigenvalue weighted by Crippen LogP contribution is 2.27. The highest BCUT2D eigenvalue weighted by molar-refractivity contribution is 5.96. The van der Waals surface area contributed by atoms with Gasteiger partial charge >= 0.3 is 6.03 Å². The predicted octanol–water partition coefficient (Wildman–Crippen LogP) is 7.26. The second kappa shape index (κ2) is 12.8. The zero-order chi connectivity index (χ0) is 27.9. The number of carbonyl (C=O) groups is 2. The highest BCUT2D eigenvalue weighted by atomic mass is 16.2. The van der Waals surface area contributed by atoms with E-state index in [1.54, 1.807) is 9.58 Å². The molecule has 0 bridgehead atoms. The minimum atomic E-state index is -0.281. The molecule has 38 heavy (non-hydrogen) atoms. The van der Waals surface area contributed by atoms with E-state index in [4.69, 9.17) is 5.10 Å². The lowest BCUT2D eigenvalue weighted by Crippen LogP contribution is -2.41. The van der Waals surface area contributed by atoms with Gasteiger partial charge in [0.2, 0.25) is 5.91 Å². The molecule has 3 aromatic rings. The van der Waals surface area contributed by atoms with Crippen LogP contribution in [0, 0.1) is 6.92 Å². The van der Waals surface area contributed by atoms with Crippen LogP contribution in [0.1, 0.15) is 83.5 Å². The average Bonchev–Trinajstić information content (AvgIpc) is 3.28. The number of nitrogens with one attached hydrogen (secondary N) is 2. The van der Waals surface area contributed by atoms with Gasteiger partial charge in [-0.05, 0) is 48.6 Å². The molecule has 3 rings (SSSR count). The number of urea groups is 1. The molecular weight excluding hydrogens is 474 g/mol. The van der Waals surface area contributed by atoms with Crippen molar-refractivity contribution >= 4 is 23.4 Å². The van der Waals surface area contributed by atoms with Gasteiger partial charge in [0.15, 0.2) is 0 Å². The van der Waals surface area contributed by atoms with Crippen LogP contribution in [0.25, 0.3) is 5.69 Å². The van der Waals surface area contributed by atoms with Gasteiger partial charge in [-0.1, -0.05) is 84.7 Å². The summed E-state index contributed by atoms with van der Waals surface area (Å²) in [6, 6.07) is 17.4. The zero-order valence-corrected chi connectivity index (χ0v) is 24.0. The molecular formula is C31H43N5O2. The second-order valence-corrected chi connectivity index (χ2v) is 11.2. The van der Waals surface area contributed by atoms with E-state index in [9.17, 15) is 9.59 Å². The smallest absolute Gasteiger partial charge is 0.315 e. The van der Waals surface area contributed by atoms with Crippen molar-refractivity contribution in [3.8, 4) is 5.69 Å². The lowest BCUT2D eigenvalue weighted by Gasteiger charge is -2.23. The minimum absolute atomic E-state index is 0.0522. The van der Waals surface area contributed by atoms with Crippen molar-refractivity contribution in [1.29, 1.82) is 0 Å². The SMILES string of the molecule is CCCCCN(CC(=O)Nc1cc(C(C)(C)C)nn1-c1ccccc1C)C(=O)Nc1ccc(C(C)C)cc1. The maximum Gasteiger partial charge on any atom is 0.322 e. The lowest BCUT2D eigenvalue weighted by molar-refractivity contribution is -0.116. The number of rotatable bonds is 10. The van der Waals surface area contributed by atoms with Gasteiger partial charge in [-0.25, -0.2) is 9.48 Å². The molecule has 0 saturated heterocycles. The Kier molecular flexibility index (Phi) is 9.72. The van der Waals surface area contributed by atoms with Gasteiger partial charge in [0, 0.05) is 23.7 Å². The van der Waals surface area contributed by atoms with Crippen molar-refractivity contribution in [1.82, 2.24) is 14.7 Å². The monoisotopic (exact) mass is 517 g/mol. The summed E-state index contributed by atoms with van der Waals surface area (Å²) < 4.78 is 1.78. The van der Waals surface area contributed by atoms with Crippen LogP contribution in [0.15, 0.2) is 54.6 Å². The molecule has 3 amide bonds. The molecule has 0 radical (unpaired) electrons. The summed E-state index contributed by atoms with van der Waals surface area (Å²) in [4.78, 5) is 28.1. The molecule has 1 heterocycles. The van der Waals surface area contributed by atoms with Crippen LogP contribution in [0.2, 0.25) is 0 Å². The van der Waals surface area contributed by atoms with Gasteiger partial charge in [-0.3, -0.25) is 4.79 Å². The highest BCUT2D eigenvalue weighted by Gasteiger charge is 2.23. The van der Waals surface area contributed by atoms with Crippen molar-refractivity contribution in [2.24, 2.45) is 0 Å². The fourth-order valence-corrected chi connectivity index (χ4v) is 4.14. The van der Waals surface area contributed by atoms with Crippen molar-refractivity contribution in [2.45, 2.75) is 79.1 Å². The van der Waals surface area contributed by atoms with Crippen LogP contribution in [0.5, 0.6) is 0 Å². The van der Waals surface area contributed by atoms with Crippen LogP contribution in [-0.2, 0) is 10.2 Å². The normalized spacial score (nSPS) is 11.5. The van der Waals surface area contributed by atoms with E-state index in [1.807, 2.05) is 61.5 Å². The first-order valence-corrected chi connectivity index (χ1v) is 13.6. The van der Waals surface area contributed by atoms with Crippen LogP contribution in [-0.4, -0.2) is 39.7 Å². The number of hydrogen-bond acceptors (Lipinski definition) is 3. The summed E-state index contributed by atoms with van der Waals surface area (Å²) >= 11 is 0. The van der Waals surface area contributed by atoms with E-state index in [2.05, 4.69) is 52.2 Å². The first-order chi connectivity index (χ1) is 18.0. The molecule has 0 saturated carbocycles. The molecule has 2 N–H and O–H groups in total. The Morgan fingerprint density at radius 2 is 1.68 bits per heavy atom. The number of para-hydroxylation sites is 1. The summed E-state index contributed by atoms with van der Waals surface area (Å²) in [6.07, 6.45) is 2.85. The maximum absolute atomic E-state index is 13.3. The number of aryl methyl sites for hydroxylation is 1. The first-order valence-electron chi connectivity index (χ1n) is 13.6. The number of benzene rings is 2. The summed E-state index contributed by atoms with van der Waals surface area (Å²) in [5.74, 6) is 0.746. The van der Waals surface area contributed by atoms with Gasteiger partial charge in [-0.2, -0.15) is 5.10 Å². The Morgan fingerprint density at radius 1 is 1.00 bits per heavy atom. The summed E-state index contributed by atoms with van der Waals surface area (Å²) in [7, 11) is 0. The van der Waals surface area contributed by atoms with E-state index in [0.717, 1.165) is 36.2 Å². The second-order valence-electron chi connectivity index (χ2n) is 11.2. The summed E-state index contributed by atoms with van der Waals surface area (Å²) in [5.41, 5.74) is 4.56. The molecule has 0 atom stereocenters. The van der Waals surface area contributed by atoms with Crippen molar-refractivity contribution in [2.75, 3.05) is 23.7 Å². The minimum Gasteiger partial charge on any atom is -0.315 e. The number of amides is 3. The molecule has 2 aromatic carbocycles. The number of nitrogens with zero attached hydrogens (tertiary/aromatic N) is 3. The van der Waals surface area contributed by atoms with E-state index in [-0.39, 0.29) is 23.9 Å². The van der Waals surface area contributed by atoms with Crippen LogP contribution < -0.4 is 10.6 Å². The number of hydrogen-bond donors (Lipinski definition) is 2. The van der Waals surface area contributed by atoms with Gasteiger partial charge in [0.1, 0.15) is 12.4 Å². The number of anilines is 2. The van der Waals surface area contributed by atoms with Crippen molar-refractivity contribution < 1.29 is 9.59 Å². The van der Waals surface area contributed by atoms with Crippen LogP contribution >= 0.6 is 0 Å². The van der Waals surface area contributed by atoms with Gasteiger partial charge in [0.25, 0.3) is 0 Å². The van der Waals surface area contributed by atoms with E-state index < -0.39 is 0 Å². The van der Waals surface area contributed by atoms with E-state index >= 15 is 0 Å². The molecule has 0 unspecified atom stereocenters. The van der Waals surface area contributed by atoms with E-state index in [1.165, 1.54) is 5.56 Å². The quantitative estimate of drug-likeness (QED) is 0.278. The summed E-state index contributed by atoms with van der Waals surface area (Å²) in [6.45, 7) is 15.1. The third kappa shape index (κ3) is 7.70. The van der Waals surface area contributed by atoms with Gasteiger partial charge in [-0.15, -0.1) is 0 Å². The number of aromatic nitrogens is 2. The average molecular weight is 518 g/mol. The largest absolute Gasteiger partial charge is 0.322 e. The van der Waals surface area contributed by atoms with Crippen molar-refractivity contribution in [3.63, 3.8) is 0 Å². The Bertz CT molecular complexity index is 1220. The molecule has 0 aliphatic carbocycles. The Morgan fingerprint density at radius 3 is 2.29 bits per heavy atom. The molecule has 7 nitrogen and oxygen atoms in total. The molecule has 0 aliphatic heterocycles. The fraction of sp³-hybridized carbons (Fsp3) is 0.452. The maximum atomic E-state index is 13.3. The third-order valence-electron chi connectivity index (χ3n) is 6.57. The molecule has 0 spiro atoms. The molecule has 0 fully saturated rings. The first kappa shape index (κ1) is 29.0. The molecule has 7 heteroatoms. The Hall–Kier alpha value is -3.61. The van der Waals surface area contributed by atoms with Crippen LogP contribution in [0.4, 0.5) is 16.3 Å². The number of unbranched alkanes of at least 4 members (excludes halogenated alkanes) is 2. The Labute approximate surface area is 227 Å². The Balaban J connectivity index is 1.79. The molecule has 0 aliphatic rings. The molecule has 1 aromatic heterocycles. The fourth-order valence-electron chi connectivity index (χ4n) is 4.14. The lowest BCUT2D eigenvalue weighted by atomic mass is 9.92. The summed E-state index contributed by atoms with van der Waals surface area (Å²) in [5, 5.41) is 10.8. The predicted molar refractivity (Wildman–Crippen MR) is 156 cm³/mol. The zero-order valence-electron chi connectivity index (χ0n) is 24.0. The van der Waals surface area contributed by atoms with Gasteiger partial charge < -0.3 is 15.5 Å². The topological polar surface area (TPSA) is 79.3 Å². The number of carbonyl (C=O) groups excluding carboxylic acids is 2. The van der Waals surface area contributed by atoms with Crippen LogP contribution in [0.3, 0.4) is 0 Å². The standard InChI is InChI=1S/C31H43N5O2/c1-8-9-12-19-35(30(38)32-25-17-15-24(16-18-25)22(2)3)21-29(37)33-28-20-27(31(5,6)7)34-36(28)26-14-11-10-13-23(26)4/h10-11,13-18,20,22H,8-9,12,19,21H2,1-7H3,(H,32,38)(H,33,37).